The van der Waals surface area contributed by atoms with E-state index in [1.807, 2.05) is 0 Å². The minimum absolute atomic E-state index is 0.0129. The Morgan fingerprint density at radius 2 is 0.923 bits per heavy atom. The van der Waals surface area contributed by atoms with Crippen LogP contribution in [0.25, 0.3) is 22.3 Å². The number of hydrogen-bond donors (Lipinski definition) is 0. The quantitative estimate of drug-likeness (QED) is 0.207. The van der Waals surface area contributed by atoms with Crippen LogP contribution in [0.1, 0.15) is 91.0 Å². The van der Waals surface area contributed by atoms with Gasteiger partial charge < -0.3 is 0 Å². The molecule has 0 aliphatic carbocycles. The molecule has 0 radical (unpaired) electrons. The monoisotopic (exact) mass is 516 g/mol. The van der Waals surface area contributed by atoms with Gasteiger partial charge in [-0.15, -0.1) is 0 Å². The van der Waals surface area contributed by atoms with E-state index in [0.29, 0.717) is 5.92 Å². The number of benzene rings is 4. The van der Waals surface area contributed by atoms with Crippen molar-refractivity contribution in [3.63, 3.8) is 0 Å². The second-order valence-electron chi connectivity index (χ2n) is 12.1. The van der Waals surface area contributed by atoms with Crippen molar-refractivity contribution in [3.8, 4) is 22.3 Å². The second-order valence-corrected chi connectivity index (χ2v) is 12.1. The lowest BCUT2D eigenvalue weighted by Gasteiger charge is -2.40. The molecule has 39 heavy (non-hydrogen) atoms. The number of unbranched alkanes of at least 4 members (excludes halogenated alkanes) is 1. The smallest absolute Gasteiger partial charge is 0.0225 e. The summed E-state index contributed by atoms with van der Waals surface area (Å²) in [7, 11) is 0. The summed E-state index contributed by atoms with van der Waals surface area (Å²) in [4.78, 5) is 0. The molecule has 0 aromatic heterocycles. The zero-order valence-corrected chi connectivity index (χ0v) is 25.8. The highest BCUT2D eigenvalue weighted by atomic mass is 14.4. The second kappa shape index (κ2) is 12.0. The highest BCUT2D eigenvalue weighted by Crippen LogP contribution is 2.46. The van der Waals surface area contributed by atoms with Gasteiger partial charge in [-0.2, -0.15) is 0 Å². The van der Waals surface area contributed by atoms with Gasteiger partial charge in [-0.3, -0.25) is 0 Å². The predicted octanol–water partition coefficient (Wildman–Crippen LogP) is 11.4. The normalized spacial score (nSPS) is 12.5. The van der Waals surface area contributed by atoms with E-state index in [-0.39, 0.29) is 5.41 Å². The molecular weight excluding hydrogens is 468 g/mol. The van der Waals surface area contributed by atoms with E-state index >= 15 is 0 Å². The van der Waals surface area contributed by atoms with Crippen LogP contribution in [0.5, 0.6) is 0 Å². The largest absolute Gasteiger partial charge is 0.0654 e. The van der Waals surface area contributed by atoms with Crippen LogP contribution in [0.3, 0.4) is 0 Å². The van der Waals surface area contributed by atoms with Gasteiger partial charge in [0, 0.05) is 5.41 Å². The molecule has 0 heteroatoms. The van der Waals surface area contributed by atoms with Gasteiger partial charge in [-0.05, 0) is 116 Å². The molecule has 204 valence electrons. The van der Waals surface area contributed by atoms with Gasteiger partial charge in [-0.1, -0.05) is 118 Å². The van der Waals surface area contributed by atoms with Crippen LogP contribution in [0.2, 0.25) is 0 Å². The Kier molecular flexibility index (Phi) is 8.85. The average Bonchev–Trinajstić information content (AvgIpc) is 2.88. The molecule has 0 spiro atoms. The average molecular weight is 517 g/mol. The molecule has 0 aliphatic rings. The maximum Gasteiger partial charge on any atom is 0.0225 e. The first-order valence-electron chi connectivity index (χ1n) is 15.0. The van der Waals surface area contributed by atoms with Crippen molar-refractivity contribution in [1.29, 1.82) is 0 Å². The summed E-state index contributed by atoms with van der Waals surface area (Å²) >= 11 is 0. The fourth-order valence-corrected chi connectivity index (χ4v) is 7.39. The zero-order valence-electron chi connectivity index (χ0n) is 25.8. The Labute approximate surface area is 238 Å². The number of rotatable bonds is 9. The van der Waals surface area contributed by atoms with Crippen LogP contribution >= 0.6 is 0 Å². The fourth-order valence-electron chi connectivity index (χ4n) is 7.39. The maximum atomic E-state index is 2.48. The van der Waals surface area contributed by atoms with E-state index in [2.05, 4.69) is 135 Å². The summed E-state index contributed by atoms with van der Waals surface area (Å²) in [5, 5.41) is 0. The lowest BCUT2D eigenvalue weighted by molar-refractivity contribution is 0.307. The SMILES string of the molecule is CCCCC(C)C(CC)(c1ccc(-c2c(C)cc(C)cc2C)cc1)c1ccc(-c2c(C)cc(C)cc2C)cc1. The van der Waals surface area contributed by atoms with Crippen molar-refractivity contribution in [2.24, 2.45) is 5.92 Å². The van der Waals surface area contributed by atoms with Gasteiger partial charge in [0.15, 0.2) is 0 Å². The molecular formula is C39H48. The van der Waals surface area contributed by atoms with Crippen molar-refractivity contribution in [3.05, 3.63) is 117 Å². The standard InChI is InChI=1S/C39H48/c1-10-12-13-32(9)39(11-2,35-18-14-33(15-19-35)37-28(5)22-26(3)23-29(37)6)36-20-16-34(17-21-36)38-30(7)24-27(4)25-31(38)8/h14-25,32H,10-13H2,1-9H3. The molecule has 4 aromatic carbocycles. The summed E-state index contributed by atoms with van der Waals surface area (Å²) < 4.78 is 0. The first-order valence-corrected chi connectivity index (χ1v) is 15.0. The Balaban J connectivity index is 1.81. The van der Waals surface area contributed by atoms with Crippen LogP contribution in [-0.4, -0.2) is 0 Å². The molecule has 4 rings (SSSR count). The molecule has 0 nitrogen and oxygen atoms in total. The van der Waals surface area contributed by atoms with Crippen molar-refractivity contribution in [2.45, 2.75) is 93.4 Å². The zero-order chi connectivity index (χ0) is 28.3. The summed E-state index contributed by atoms with van der Waals surface area (Å²) in [6, 6.07) is 28.4. The van der Waals surface area contributed by atoms with E-state index in [4.69, 9.17) is 0 Å². The van der Waals surface area contributed by atoms with Crippen LogP contribution in [0.4, 0.5) is 0 Å². The van der Waals surface area contributed by atoms with Gasteiger partial charge in [-0.25, -0.2) is 0 Å². The van der Waals surface area contributed by atoms with Crippen molar-refractivity contribution < 1.29 is 0 Å². The highest BCUT2D eigenvalue weighted by molar-refractivity contribution is 5.73. The molecule has 0 N–H and O–H groups in total. The van der Waals surface area contributed by atoms with Gasteiger partial charge >= 0.3 is 0 Å². The number of aryl methyl sites for hydroxylation is 6. The van der Waals surface area contributed by atoms with E-state index in [0.717, 1.165) is 6.42 Å². The number of hydrogen-bond acceptors (Lipinski definition) is 0. The molecule has 1 unspecified atom stereocenters. The molecule has 0 heterocycles. The summed E-state index contributed by atoms with van der Waals surface area (Å²) in [5.74, 6) is 0.546. The van der Waals surface area contributed by atoms with Gasteiger partial charge in [0.05, 0.1) is 0 Å². The lowest BCUT2D eigenvalue weighted by Crippen LogP contribution is -2.34. The molecule has 0 amide bonds. The van der Waals surface area contributed by atoms with Crippen LogP contribution in [-0.2, 0) is 5.41 Å². The summed E-state index contributed by atoms with van der Waals surface area (Å²) in [5.41, 5.74) is 16.4. The van der Waals surface area contributed by atoms with Gasteiger partial charge in [0.2, 0.25) is 0 Å². The van der Waals surface area contributed by atoms with Crippen molar-refractivity contribution in [1.82, 2.24) is 0 Å². The Bertz CT molecular complexity index is 1270. The Hall–Kier alpha value is -3.12. The minimum atomic E-state index is -0.0129. The van der Waals surface area contributed by atoms with Crippen molar-refractivity contribution >= 4 is 0 Å². The van der Waals surface area contributed by atoms with Crippen LogP contribution < -0.4 is 0 Å². The van der Waals surface area contributed by atoms with Gasteiger partial charge in [0.1, 0.15) is 0 Å². The lowest BCUT2D eigenvalue weighted by atomic mass is 9.63. The minimum Gasteiger partial charge on any atom is -0.0654 e. The molecule has 0 bridgehead atoms. The summed E-state index contributed by atoms with van der Waals surface area (Å²) in [6.07, 6.45) is 4.82. The maximum absolute atomic E-state index is 2.48. The van der Waals surface area contributed by atoms with E-state index in [1.165, 1.54) is 86.0 Å². The topological polar surface area (TPSA) is 0 Å². The third-order valence-electron chi connectivity index (χ3n) is 9.12. The first-order chi connectivity index (χ1) is 18.6. The van der Waals surface area contributed by atoms with E-state index < -0.39 is 0 Å². The highest BCUT2D eigenvalue weighted by Gasteiger charge is 2.37. The fraction of sp³-hybridized carbons (Fsp3) is 0.385. The molecule has 0 fully saturated rings. The Morgan fingerprint density at radius 3 is 1.23 bits per heavy atom. The third kappa shape index (κ3) is 5.62. The molecule has 4 aromatic rings. The van der Waals surface area contributed by atoms with Crippen LogP contribution in [0, 0.1) is 47.5 Å². The van der Waals surface area contributed by atoms with E-state index in [9.17, 15) is 0 Å². The molecule has 0 saturated heterocycles. The third-order valence-corrected chi connectivity index (χ3v) is 9.12. The van der Waals surface area contributed by atoms with Crippen LogP contribution in [0.15, 0.2) is 72.8 Å². The summed E-state index contributed by atoms with van der Waals surface area (Å²) in [6.45, 7) is 20.5. The molecule has 0 saturated carbocycles. The molecule has 0 aliphatic heterocycles. The first kappa shape index (κ1) is 28.9. The molecule has 1 atom stereocenters. The van der Waals surface area contributed by atoms with E-state index in [1.54, 1.807) is 0 Å². The predicted molar refractivity (Wildman–Crippen MR) is 172 cm³/mol. The van der Waals surface area contributed by atoms with Crippen molar-refractivity contribution in [2.75, 3.05) is 0 Å². The van der Waals surface area contributed by atoms with Gasteiger partial charge in [0.25, 0.3) is 0 Å². The Morgan fingerprint density at radius 1 is 0.564 bits per heavy atom.